The lowest BCUT2D eigenvalue weighted by Gasteiger charge is -2.07. The third-order valence-electron chi connectivity index (χ3n) is 4.36. The van der Waals surface area contributed by atoms with Crippen LogP contribution >= 0.6 is 0 Å². The highest BCUT2D eigenvalue weighted by atomic mass is 16.5. The fraction of sp³-hybridized carbons (Fsp3) is 0.227. The average Bonchev–Trinajstić information content (AvgIpc) is 3.46. The first kappa shape index (κ1) is 19.5. The smallest absolute Gasteiger partial charge is 0.316 e. The highest BCUT2D eigenvalue weighted by molar-refractivity contribution is 5.67. The van der Waals surface area contributed by atoms with Crippen molar-refractivity contribution in [3.63, 3.8) is 0 Å². The van der Waals surface area contributed by atoms with Crippen LogP contribution < -0.4 is 14.8 Å². The van der Waals surface area contributed by atoms with Crippen LogP contribution in [0.5, 0.6) is 11.5 Å². The van der Waals surface area contributed by atoms with Gasteiger partial charge in [-0.25, -0.2) is 0 Å². The number of aromatic nitrogens is 3. The number of benzene rings is 2. The number of ether oxygens (including phenoxy) is 2. The third-order valence-corrected chi connectivity index (χ3v) is 4.36. The van der Waals surface area contributed by atoms with Crippen molar-refractivity contribution in [3.05, 3.63) is 60.4 Å². The summed E-state index contributed by atoms with van der Waals surface area (Å²) in [7, 11) is 1.62. The Morgan fingerprint density at radius 3 is 2.53 bits per heavy atom. The molecule has 154 valence electrons. The van der Waals surface area contributed by atoms with Crippen LogP contribution in [0.4, 0.5) is 6.01 Å². The largest absolute Gasteiger partial charge is 0.496 e. The van der Waals surface area contributed by atoms with E-state index in [1.54, 1.807) is 7.11 Å². The molecule has 0 saturated carbocycles. The summed E-state index contributed by atoms with van der Waals surface area (Å²) in [6, 6.07) is 17.3. The van der Waals surface area contributed by atoms with Crippen molar-refractivity contribution in [1.82, 2.24) is 15.4 Å². The minimum atomic E-state index is 0.283. The lowest BCUT2D eigenvalue weighted by Crippen LogP contribution is -1.98. The van der Waals surface area contributed by atoms with Crippen molar-refractivity contribution in [2.24, 2.45) is 0 Å². The summed E-state index contributed by atoms with van der Waals surface area (Å²) in [4.78, 5) is 0. The number of para-hydroxylation sites is 2. The Morgan fingerprint density at radius 1 is 0.967 bits per heavy atom. The second kappa shape index (κ2) is 9.13. The van der Waals surface area contributed by atoms with Crippen LogP contribution in [0.2, 0.25) is 0 Å². The van der Waals surface area contributed by atoms with Crippen molar-refractivity contribution >= 4 is 6.01 Å². The predicted octanol–water partition coefficient (Wildman–Crippen LogP) is 4.80. The summed E-state index contributed by atoms with van der Waals surface area (Å²) >= 11 is 0. The first-order valence-corrected chi connectivity index (χ1v) is 9.67. The highest BCUT2D eigenvalue weighted by Crippen LogP contribution is 2.31. The summed E-state index contributed by atoms with van der Waals surface area (Å²) in [6.45, 7) is 3.02. The van der Waals surface area contributed by atoms with Crippen LogP contribution in [0.3, 0.4) is 0 Å². The average molecular weight is 406 g/mol. The molecule has 0 atom stereocenters. The van der Waals surface area contributed by atoms with Gasteiger partial charge < -0.3 is 23.7 Å². The van der Waals surface area contributed by atoms with Gasteiger partial charge in [0.05, 0.1) is 25.8 Å². The zero-order chi connectivity index (χ0) is 20.8. The van der Waals surface area contributed by atoms with Crippen LogP contribution in [-0.2, 0) is 6.54 Å². The zero-order valence-electron chi connectivity index (χ0n) is 16.8. The van der Waals surface area contributed by atoms with E-state index in [0.29, 0.717) is 36.2 Å². The summed E-state index contributed by atoms with van der Waals surface area (Å²) in [5.74, 6) is 2.46. The van der Waals surface area contributed by atoms with Crippen LogP contribution in [0.1, 0.15) is 19.1 Å². The van der Waals surface area contributed by atoms with Gasteiger partial charge in [0.15, 0.2) is 5.76 Å². The molecule has 0 unspecified atom stereocenters. The summed E-state index contributed by atoms with van der Waals surface area (Å²) in [6.07, 6.45) is 0.916. The zero-order valence-corrected chi connectivity index (χ0v) is 16.8. The quantitative estimate of drug-likeness (QED) is 0.423. The Balaban J connectivity index is 1.44. The number of rotatable bonds is 9. The van der Waals surface area contributed by atoms with E-state index < -0.39 is 0 Å². The first-order chi connectivity index (χ1) is 14.8. The van der Waals surface area contributed by atoms with Gasteiger partial charge >= 0.3 is 6.01 Å². The van der Waals surface area contributed by atoms with Crippen LogP contribution in [0.15, 0.2) is 63.5 Å². The van der Waals surface area contributed by atoms with Crippen LogP contribution in [-0.4, -0.2) is 29.1 Å². The van der Waals surface area contributed by atoms with E-state index in [1.807, 2.05) is 54.6 Å². The lowest BCUT2D eigenvalue weighted by molar-refractivity contribution is 0.318. The van der Waals surface area contributed by atoms with E-state index in [4.69, 9.17) is 18.4 Å². The molecule has 0 fully saturated rings. The standard InChI is InChI=1S/C22H22N4O4/c1-3-12-28-20-11-7-5-9-17(20)21-24-25-22(29-21)23-14-15-13-18(26-30-15)16-8-4-6-10-19(16)27-2/h4-11,13H,3,12,14H2,1-2H3,(H,23,25). The van der Waals surface area contributed by atoms with E-state index in [1.165, 1.54) is 0 Å². The maximum absolute atomic E-state index is 5.76. The first-order valence-electron chi connectivity index (χ1n) is 9.67. The molecule has 0 bridgehead atoms. The Labute approximate surface area is 173 Å². The predicted molar refractivity (Wildman–Crippen MR) is 111 cm³/mol. The molecular formula is C22H22N4O4. The molecule has 2 aromatic carbocycles. The molecule has 1 N–H and O–H groups in total. The topological polar surface area (TPSA) is 95.4 Å². The van der Waals surface area contributed by atoms with Gasteiger partial charge in [-0.2, -0.15) is 0 Å². The number of hydrogen-bond acceptors (Lipinski definition) is 8. The number of hydrogen-bond donors (Lipinski definition) is 1. The van der Waals surface area contributed by atoms with Gasteiger partial charge in [-0.05, 0) is 30.7 Å². The molecule has 4 aromatic rings. The van der Waals surface area contributed by atoms with Crippen molar-refractivity contribution in [2.75, 3.05) is 19.0 Å². The summed E-state index contributed by atoms with van der Waals surface area (Å²) in [5.41, 5.74) is 2.31. The van der Waals surface area contributed by atoms with Gasteiger partial charge in [-0.3, -0.25) is 0 Å². The summed E-state index contributed by atoms with van der Waals surface area (Å²) < 4.78 is 22.3. The van der Waals surface area contributed by atoms with Gasteiger partial charge in [-0.1, -0.05) is 41.4 Å². The Hall–Kier alpha value is -3.81. The molecule has 0 aliphatic carbocycles. The van der Waals surface area contributed by atoms with Gasteiger partial charge in [0, 0.05) is 11.6 Å². The van der Waals surface area contributed by atoms with Crippen molar-refractivity contribution in [3.8, 4) is 34.2 Å². The van der Waals surface area contributed by atoms with Gasteiger partial charge in [0.2, 0.25) is 0 Å². The second-order valence-electron chi connectivity index (χ2n) is 6.49. The van der Waals surface area contributed by atoms with E-state index in [0.717, 1.165) is 23.3 Å². The molecule has 2 aromatic heterocycles. The van der Waals surface area contributed by atoms with Crippen LogP contribution in [0.25, 0.3) is 22.7 Å². The van der Waals surface area contributed by atoms with Gasteiger partial charge in [-0.15, -0.1) is 5.10 Å². The Kier molecular flexibility index (Phi) is 5.93. The lowest BCUT2D eigenvalue weighted by atomic mass is 10.1. The fourth-order valence-electron chi connectivity index (χ4n) is 2.93. The molecule has 0 amide bonds. The minimum Gasteiger partial charge on any atom is -0.496 e. The number of nitrogens with zero attached hydrogens (tertiary/aromatic N) is 3. The van der Waals surface area contributed by atoms with Gasteiger partial charge in [0.25, 0.3) is 5.89 Å². The Bertz CT molecular complexity index is 1110. The normalized spacial score (nSPS) is 10.7. The fourth-order valence-corrected chi connectivity index (χ4v) is 2.93. The van der Waals surface area contributed by atoms with E-state index >= 15 is 0 Å². The monoisotopic (exact) mass is 406 g/mol. The molecule has 30 heavy (non-hydrogen) atoms. The summed E-state index contributed by atoms with van der Waals surface area (Å²) in [5, 5.41) is 15.4. The maximum Gasteiger partial charge on any atom is 0.316 e. The molecule has 0 saturated heterocycles. The third kappa shape index (κ3) is 4.27. The molecular weight excluding hydrogens is 384 g/mol. The van der Waals surface area contributed by atoms with E-state index in [2.05, 4.69) is 27.6 Å². The number of nitrogens with one attached hydrogen (secondary N) is 1. The van der Waals surface area contributed by atoms with E-state index in [9.17, 15) is 0 Å². The Morgan fingerprint density at radius 2 is 1.73 bits per heavy atom. The highest BCUT2D eigenvalue weighted by Gasteiger charge is 2.15. The van der Waals surface area contributed by atoms with Crippen LogP contribution in [0, 0.1) is 0 Å². The number of methoxy groups -OCH3 is 1. The molecule has 8 heteroatoms. The van der Waals surface area contributed by atoms with Crippen molar-refractivity contribution in [1.29, 1.82) is 0 Å². The second-order valence-corrected chi connectivity index (χ2v) is 6.49. The van der Waals surface area contributed by atoms with Crippen molar-refractivity contribution < 1.29 is 18.4 Å². The van der Waals surface area contributed by atoms with Gasteiger partial charge in [0.1, 0.15) is 17.2 Å². The molecule has 2 heterocycles. The number of anilines is 1. The molecule has 8 nitrogen and oxygen atoms in total. The SMILES string of the molecule is CCCOc1ccccc1-c1nnc(NCc2cc(-c3ccccc3OC)no2)o1. The molecule has 0 aliphatic heterocycles. The maximum atomic E-state index is 5.76. The molecule has 0 radical (unpaired) electrons. The molecule has 4 rings (SSSR count). The molecule has 0 spiro atoms. The minimum absolute atomic E-state index is 0.283. The van der Waals surface area contributed by atoms with E-state index in [-0.39, 0.29) is 6.01 Å². The molecule has 0 aliphatic rings. The van der Waals surface area contributed by atoms with Crippen molar-refractivity contribution in [2.45, 2.75) is 19.9 Å².